The number of carbonyl (C=O) groups excluding carboxylic acids is 1. The van der Waals surface area contributed by atoms with E-state index < -0.39 is 0 Å². The van der Waals surface area contributed by atoms with Gasteiger partial charge in [-0.2, -0.15) is 5.10 Å². The Balaban J connectivity index is 1.81. The lowest BCUT2D eigenvalue weighted by Crippen LogP contribution is -2.25. The molecule has 0 radical (unpaired) electrons. The number of anilines is 1. The molecule has 0 saturated heterocycles. The molecule has 0 spiro atoms. The van der Waals surface area contributed by atoms with Crippen molar-refractivity contribution in [2.45, 2.75) is 13.8 Å². The maximum absolute atomic E-state index is 11.7. The number of hydrazone groups is 1. The van der Waals surface area contributed by atoms with Gasteiger partial charge in [-0.05, 0) is 53.0 Å². The molecule has 0 saturated carbocycles. The van der Waals surface area contributed by atoms with E-state index in [2.05, 4.69) is 61.3 Å². The Morgan fingerprint density at radius 1 is 1.36 bits per heavy atom. The van der Waals surface area contributed by atoms with E-state index in [-0.39, 0.29) is 12.5 Å². The molecule has 116 valence electrons. The topological polar surface area (TPSA) is 66.6 Å². The van der Waals surface area contributed by atoms with E-state index in [0.717, 1.165) is 13.9 Å². The molecule has 2 rings (SSSR count). The number of aryl methyl sites for hydroxylation is 2. The van der Waals surface area contributed by atoms with Crippen LogP contribution in [0.4, 0.5) is 5.69 Å². The molecule has 7 heteroatoms. The van der Waals surface area contributed by atoms with Crippen molar-refractivity contribution in [1.29, 1.82) is 0 Å². The van der Waals surface area contributed by atoms with Crippen LogP contribution in [0.15, 0.2) is 38.3 Å². The van der Waals surface area contributed by atoms with Gasteiger partial charge in [0.1, 0.15) is 5.76 Å². The average molecular weight is 476 g/mol. The third-order valence-corrected chi connectivity index (χ3v) is 5.14. The number of nitrogens with zero attached hydrogens (tertiary/aromatic N) is 1. The second-order valence-corrected chi connectivity index (χ2v) is 6.55. The maximum atomic E-state index is 11.7. The summed E-state index contributed by atoms with van der Waals surface area (Å²) in [4.78, 5) is 11.7. The quantitative estimate of drug-likeness (QED) is 0.392. The van der Waals surface area contributed by atoms with Gasteiger partial charge in [0.05, 0.1) is 17.2 Å². The molecular weight excluding hydrogens is 461 g/mol. The molecule has 0 unspecified atom stereocenters. The number of carbonyl (C=O) groups is 1. The lowest BCUT2D eigenvalue weighted by molar-refractivity contribution is -0.119. The molecule has 0 atom stereocenters. The molecule has 0 aliphatic carbocycles. The molecule has 0 bridgehead atoms. The first-order valence-electron chi connectivity index (χ1n) is 6.53. The monoisotopic (exact) mass is 475 g/mol. The van der Waals surface area contributed by atoms with E-state index in [1.54, 1.807) is 6.07 Å². The SMILES string of the molecule is Cc1ccc(NCC(=O)N/N=C\c2cc(Br)c(I)o2)cc1C. The van der Waals surface area contributed by atoms with Crippen molar-refractivity contribution in [2.75, 3.05) is 11.9 Å². The number of rotatable bonds is 5. The summed E-state index contributed by atoms with van der Waals surface area (Å²) in [6.45, 7) is 4.24. The molecule has 0 aliphatic rings. The fraction of sp³-hybridized carbons (Fsp3) is 0.200. The third kappa shape index (κ3) is 4.84. The highest BCUT2D eigenvalue weighted by molar-refractivity contribution is 14.1. The highest BCUT2D eigenvalue weighted by atomic mass is 127. The van der Waals surface area contributed by atoms with Crippen molar-refractivity contribution in [3.63, 3.8) is 0 Å². The van der Waals surface area contributed by atoms with Crippen LogP contribution in [0.25, 0.3) is 0 Å². The van der Waals surface area contributed by atoms with Crippen molar-refractivity contribution < 1.29 is 9.21 Å². The van der Waals surface area contributed by atoms with Gasteiger partial charge in [0.15, 0.2) is 3.77 Å². The minimum Gasteiger partial charge on any atom is -0.448 e. The minimum absolute atomic E-state index is 0.152. The lowest BCUT2D eigenvalue weighted by Gasteiger charge is -2.07. The van der Waals surface area contributed by atoms with Crippen molar-refractivity contribution in [3.05, 3.63) is 49.4 Å². The zero-order valence-corrected chi connectivity index (χ0v) is 15.9. The Morgan fingerprint density at radius 3 is 2.77 bits per heavy atom. The number of hydrogen-bond donors (Lipinski definition) is 2. The zero-order chi connectivity index (χ0) is 16.1. The molecular formula is C15H15BrIN3O2. The van der Waals surface area contributed by atoms with Crippen LogP contribution in [0, 0.1) is 17.6 Å². The van der Waals surface area contributed by atoms with Gasteiger partial charge >= 0.3 is 0 Å². The summed E-state index contributed by atoms with van der Waals surface area (Å²) in [6.07, 6.45) is 1.46. The molecule has 0 aliphatic heterocycles. The fourth-order valence-electron chi connectivity index (χ4n) is 1.67. The fourth-order valence-corrected chi connectivity index (χ4v) is 2.38. The smallest absolute Gasteiger partial charge is 0.259 e. The van der Waals surface area contributed by atoms with Crippen LogP contribution in [-0.4, -0.2) is 18.7 Å². The molecule has 1 amide bonds. The molecule has 22 heavy (non-hydrogen) atoms. The van der Waals surface area contributed by atoms with Crippen LogP contribution in [0.1, 0.15) is 16.9 Å². The van der Waals surface area contributed by atoms with E-state index in [9.17, 15) is 4.79 Å². The van der Waals surface area contributed by atoms with Gasteiger partial charge in [-0.1, -0.05) is 6.07 Å². The molecule has 2 N–H and O–H groups in total. The van der Waals surface area contributed by atoms with E-state index in [1.165, 1.54) is 17.3 Å². The van der Waals surface area contributed by atoms with Crippen LogP contribution in [-0.2, 0) is 4.79 Å². The van der Waals surface area contributed by atoms with Gasteiger partial charge in [0.2, 0.25) is 0 Å². The first-order valence-corrected chi connectivity index (χ1v) is 8.41. The highest BCUT2D eigenvalue weighted by Gasteiger charge is 2.04. The Bertz CT molecular complexity index is 693. The number of nitrogens with one attached hydrogen (secondary N) is 2. The van der Waals surface area contributed by atoms with Gasteiger partial charge < -0.3 is 9.73 Å². The van der Waals surface area contributed by atoms with E-state index in [0.29, 0.717) is 5.76 Å². The summed E-state index contributed by atoms with van der Waals surface area (Å²) in [5, 5.41) is 6.91. The Labute approximate surface area is 150 Å². The summed E-state index contributed by atoms with van der Waals surface area (Å²) in [5.41, 5.74) is 5.76. The summed E-state index contributed by atoms with van der Waals surface area (Å²) in [5.74, 6) is 0.341. The van der Waals surface area contributed by atoms with Gasteiger partial charge in [0.25, 0.3) is 5.91 Å². The Morgan fingerprint density at radius 2 is 2.14 bits per heavy atom. The second kappa shape index (κ2) is 7.77. The normalized spacial score (nSPS) is 10.9. The standard InChI is InChI=1S/C15H15BrIN3O2/c1-9-3-4-11(5-10(9)2)18-8-14(21)20-19-7-12-6-13(16)15(17)22-12/h3-7,18H,8H2,1-2H3,(H,20,21)/b19-7-. The number of amides is 1. The van der Waals surface area contributed by atoms with E-state index in [1.807, 2.05) is 25.1 Å². The van der Waals surface area contributed by atoms with E-state index >= 15 is 0 Å². The highest BCUT2D eigenvalue weighted by Crippen LogP contribution is 2.21. The molecule has 1 heterocycles. The predicted octanol–water partition coefficient (Wildman–Crippen LogP) is 3.83. The third-order valence-electron chi connectivity index (χ3n) is 3.01. The predicted molar refractivity (Wildman–Crippen MR) is 99.3 cm³/mol. The zero-order valence-electron chi connectivity index (χ0n) is 12.1. The molecule has 0 fully saturated rings. The summed E-state index contributed by atoms with van der Waals surface area (Å²) >= 11 is 5.40. The van der Waals surface area contributed by atoms with Crippen molar-refractivity contribution in [1.82, 2.24) is 5.43 Å². The van der Waals surface area contributed by atoms with Crippen molar-refractivity contribution >= 4 is 56.3 Å². The Hall–Kier alpha value is -1.35. The van der Waals surface area contributed by atoms with E-state index in [4.69, 9.17) is 4.42 Å². The number of halogens is 2. The lowest BCUT2D eigenvalue weighted by atomic mass is 10.1. The molecule has 1 aromatic carbocycles. The number of benzene rings is 1. The van der Waals surface area contributed by atoms with Crippen molar-refractivity contribution in [2.24, 2.45) is 5.10 Å². The summed E-state index contributed by atoms with van der Waals surface area (Å²) in [7, 11) is 0. The Kier molecular flexibility index (Phi) is 6.01. The van der Waals surface area contributed by atoms with Crippen LogP contribution in [0.3, 0.4) is 0 Å². The number of furan rings is 1. The number of hydrogen-bond acceptors (Lipinski definition) is 4. The van der Waals surface area contributed by atoms with Crippen LogP contribution in [0.2, 0.25) is 0 Å². The van der Waals surface area contributed by atoms with Crippen LogP contribution < -0.4 is 10.7 Å². The first-order chi connectivity index (χ1) is 10.5. The summed E-state index contributed by atoms with van der Waals surface area (Å²) in [6, 6.07) is 7.75. The van der Waals surface area contributed by atoms with Crippen LogP contribution >= 0.6 is 38.5 Å². The molecule has 1 aromatic heterocycles. The summed E-state index contributed by atoms with van der Waals surface area (Å²) < 4.78 is 6.97. The second-order valence-electron chi connectivity index (χ2n) is 4.72. The maximum Gasteiger partial charge on any atom is 0.259 e. The van der Waals surface area contributed by atoms with Gasteiger partial charge in [-0.25, -0.2) is 5.43 Å². The van der Waals surface area contributed by atoms with Gasteiger partial charge in [-0.3, -0.25) is 4.79 Å². The first kappa shape index (κ1) is 17.0. The van der Waals surface area contributed by atoms with Gasteiger partial charge in [-0.15, -0.1) is 0 Å². The van der Waals surface area contributed by atoms with Crippen molar-refractivity contribution in [3.8, 4) is 0 Å². The largest absolute Gasteiger partial charge is 0.448 e. The minimum atomic E-state index is -0.227. The molecule has 5 nitrogen and oxygen atoms in total. The molecule has 2 aromatic rings. The van der Waals surface area contributed by atoms with Gasteiger partial charge in [0, 0.05) is 34.3 Å². The average Bonchev–Trinajstić information content (AvgIpc) is 2.79. The van der Waals surface area contributed by atoms with Crippen LogP contribution in [0.5, 0.6) is 0 Å².